The average Bonchev–Trinajstić information content (AvgIpc) is 3.84. The number of aryl methyl sites for hydroxylation is 1. The average molecular weight is 699 g/mol. The zero-order valence-electron chi connectivity index (χ0n) is 28.9. The van der Waals surface area contributed by atoms with Crippen LogP contribution < -0.4 is 16.0 Å². The fraction of sp³-hybridized carbons (Fsp3) is 0.436. The highest BCUT2D eigenvalue weighted by Crippen LogP contribution is 2.26. The number of nitrogens with one attached hydrogen (secondary N) is 5. The van der Waals surface area contributed by atoms with Crippen molar-refractivity contribution >= 4 is 46.1 Å². The molecule has 0 aliphatic carbocycles. The van der Waals surface area contributed by atoms with E-state index in [2.05, 4.69) is 39.8 Å². The molecule has 0 unspecified atom stereocenters. The number of carbonyl (C=O) groups is 4. The Labute approximate surface area is 298 Å². The van der Waals surface area contributed by atoms with E-state index in [0.717, 1.165) is 46.3 Å². The third-order valence-electron chi connectivity index (χ3n) is 10.1. The van der Waals surface area contributed by atoms with Gasteiger partial charge in [0, 0.05) is 71.4 Å². The minimum atomic E-state index is -0.872. The smallest absolute Gasteiger partial charge is 0.246 e. The quantitative estimate of drug-likeness (QED) is 0.165. The van der Waals surface area contributed by atoms with Gasteiger partial charge in [-0.3, -0.25) is 19.2 Å². The maximum absolute atomic E-state index is 14.5. The number of aromatic amines is 2. The van der Waals surface area contributed by atoms with Gasteiger partial charge in [-0.1, -0.05) is 62.7 Å². The Morgan fingerprint density at radius 2 is 1.78 bits per heavy atom. The molecule has 4 aromatic rings. The molecule has 2 aliphatic heterocycles. The van der Waals surface area contributed by atoms with Gasteiger partial charge in [-0.25, -0.2) is 0 Å². The Balaban J connectivity index is 1.19. The first-order valence-electron chi connectivity index (χ1n) is 17.7. The van der Waals surface area contributed by atoms with E-state index in [4.69, 9.17) is 11.6 Å². The van der Waals surface area contributed by atoms with Gasteiger partial charge in [0.2, 0.25) is 23.6 Å². The second-order valence-electron chi connectivity index (χ2n) is 14.3. The van der Waals surface area contributed by atoms with Crippen LogP contribution in [0.4, 0.5) is 0 Å². The molecule has 2 aliphatic rings. The molecule has 4 amide bonds. The van der Waals surface area contributed by atoms with Gasteiger partial charge in [0.05, 0.1) is 0 Å². The standard InChI is InChI=1S/C39H47ClN6O4/c1-23(2)31-15-8-24(3)18-37(48)44-34(19-26-21-41-33-7-5-4-6-30(26)33)39(50)46-22-29(20-35(46)38(49)45-31)43-36(47)17-14-28-13-16-32(42-28)25-9-11-27(40)12-10-25/h4-7,9-13,16,21,23-24,29,31,34-35,41-42H,8,14-15,17-20,22H2,1-3H3,(H,43,47)(H,44,48)(H,45,49)/t24-,29-,31+,34-,35+/m1/s1. The Kier molecular flexibility index (Phi) is 11.0. The van der Waals surface area contributed by atoms with Crippen LogP contribution in [0.15, 0.2) is 66.9 Å². The fourth-order valence-electron chi connectivity index (χ4n) is 7.27. The number of carbonyl (C=O) groups excluding carboxylic acids is 4. The molecule has 0 bridgehead atoms. The van der Waals surface area contributed by atoms with E-state index in [1.165, 1.54) is 0 Å². The molecule has 10 nitrogen and oxygen atoms in total. The van der Waals surface area contributed by atoms with Crippen LogP contribution in [0.25, 0.3) is 22.2 Å². The summed E-state index contributed by atoms with van der Waals surface area (Å²) in [5.74, 6) is -0.618. The van der Waals surface area contributed by atoms with Gasteiger partial charge in [-0.15, -0.1) is 0 Å². The summed E-state index contributed by atoms with van der Waals surface area (Å²) in [5, 5.41) is 11.0. The van der Waals surface area contributed by atoms with Crippen molar-refractivity contribution in [1.82, 2.24) is 30.8 Å². The van der Waals surface area contributed by atoms with E-state index in [0.29, 0.717) is 24.3 Å². The van der Waals surface area contributed by atoms with Crippen LogP contribution in [0.5, 0.6) is 0 Å². The van der Waals surface area contributed by atoms with Crippen molar-refractivity contribution in [3.05, 3.63) is 83.1 Å². The number of aromatic nitrogens is 2. The van der Waals surface area contributed by atoms with Gasteiger partial charge in [0.1, 0.15) is 12.1 Å². The van der Waals surface area contributed by atoms with Crippen LogP contribution in [-0.2, 0) is 32.0 Å². The molecule has 5 N–H and O–H groups in total. The summed E-state index contributed by atoms with van der Waals surface area (Å²) in [4.78, 5) is 63.2. The molecule has 5 atom stereocenters. The van der Waals surface area contributed by atoms with E-state index in [1.54, 1.807) is 4.90 Å². The summed E-state index contributed by atoms with van der Waals surface area (Å²) in [6, 6.07) is 17.2. The number of rotatable bonds is 8. The Bertz CT molecular complexity index is 1830. The van der Waals surface area contributed by atoms with Crippen LogP contribution in [0.3, 0.4) is 0 Å². The summed E-state index contributed by atoms with van der Waals surface area (Å²) in [7, 11) is 0. The highest BCUT2D eigenvalue weighted by atomic mass is 35.5. The number of amides is 4. The van der Waals surface area contributed by atoms with E-state index in [-0.39, 0.29) is 60.9 Å². The normalized spacial score (nSPS) is 23.5. The van der Waals surface area contributed by atoms with Gasteiger partial charge in [-0.2, -0.15) is 0 Å². The molecule has 0 saturated carbocycles. The van der Waals surface area contributed by atoms with Gasteiger partial charge in [0.25, 0.3) is 0 Å². The summed E-state index contributed by atoms with van der Waals surface area (Å²) in [5.41, 5.74) is 4.73. The van der Waals surface area contributed by atoms with E-state index >= 15 is 0 Å². The van der Waals surface area contributed by atoms with E-state index in [9.17, 15) is 19.2 Å². The predicted molar refractivity (Wildman–Crippen MR) is 195 cm³/mol. The van der Waals surface area contributed by atoms with Crippen LogP contribution in [0.1, 0.15) is 64.1 Å². The Morgan fingerprint density at radius 1 is 1.00 bits per heavy atom. The third-order valence-corrected chi connectivity index (χ3v) is 10.4. The molecular weight excluding hydrogens is 652 g/mol. The summed E-state index contributed by atoms with van der Waals surface area (Å²) < 4.78 is 0. The lowest BCUT2D eigenvalue weighted by molar-refractivity contribution is -0.141. The van der Waals surface area contributed by atoms with Crippen LogP contribution in [0, 0.1) is 11.8 Å². The molecule has 264 valence electrons. The molecule has 0 spiro atoms. The maximum Gasteiger partial charge on any atom is 0.246 e. The molecule has 2 aromatic heterocycles. The monoisotopic (exact) mass is 698 g/mol. The van der Waals surface area contributed by atoms with Crippen molar-refractivity contribution in [3.63, 3.8) is 0 Å². The largest absolute Gasteiger partial charge is 0.361 e. The topological polar surface area (TPSA) is 139 Å². The molecule has 11 heteroatoms. The summed E-state index contributed by atoms with van der Waals surface area (Å²) in [6.07, 6.45) is 4.99. The number of H-pyrrole nitrogens is 2. The second-order valence-corrected chi connectivity index (χ2v) is 14.8. The van der Waals surface area contributed by atoms with Crippen LogP contribution >= 0.6 is 11.6 Å². The summed E-state index contributed by atoms with van der Waals surface area (Å²) in [6.45, 7) is 6.35. The number of benzene rings is 2. The summed E-state index contributed by atoms with van der Waals surface area (Å²) >= 11 is 6.03. The number of hydrogen-bond donors (Lipinski definition) is 5. The molecule has 4 heterocycles. The lowest BCUT2D eigenvalue weighted by atomic mass is 9.92. The van der Waals surface area contributed by atoms with E-state index < -0.39 is 18.1 Å². The molecule has 2 saturated heterocycles. The lowest BCUT2D eigenvalue weighted by Gasteiger charge is -2.30. The molecule has 50 heavy (non-hydrogen) atoms. The van der Waals surface area contributed by atoms with Gasteiger partial charge in [-0.05, 0) is 79.0 Å². The number of fused-ring (bicyclic) bond motifs is 2. The molecule has 2 fully saturated rings. The maximum atomic E-state index is 14.5. The Morgan fingerprint density at radius 3 is 2.56 bits per heavy atom. The van der Waals surface area contributed by atoms with Crippen LogP contribution in [-0.4, -0.2) is 69.2 Å². The van der Waals surface area contributed by atoms with Crippen LogP contribution in [0.2, 0.25) is 5.02 Å². The number of hydrogen-bond acceptors (Lipinski definition) is 4. The Hall–Kier alpha value is -4.57. The third kappa shape index (κ3) is 8.41. The molecule has 0 radical (unpaired) electrons. The zero-order chi connectivity index (χ0) is 35.4. The first kappa shape index (κ1) is 35.3. The minimum Gasteiger partial charge on any atom is -0.361 e. The number of para-hydroxylation sites is 1. The van der Waals surface area contributed by atoms with Gasteiger partial charge >= 0.3 is 0 Å². The molecule has 2 aromatic carbocycles. The van der Waals surface area contributed by atoms with Crippen molar-refractivity contribution in [1.29, 1.82) is 0 Å². The first-order valence-corrected chi connectivity index (χ1v) is 18.1. The highest BCUT2D eigenvalue weighted by Gasteiger charge is 2.43. The number of nitrogens with zero attached hydrogens (tertiary/aromatic N) is 1. The lowest BCUT2D eigenvalue weighted by Crippen LogP contribution is -2.55. The highest BCUT2D eigenvalue weighted by molar-refractivity contribution is 6.30. The zero-order valence-corrected chi connectivity index (χ0v) is 29.7. The van der Waals surface area contributed by atoms with Crippen molar-refractivity contribution < 1.29 is 19.2 Å². The van der Waals surface area contributed by atoms with Gasteiger partial charge < -0.3 is 30.8 Å². The fourth-order valence-corrected chi connectivity index (χ4v) is 7.40. The van der Waals surface area contributed by atoms with Crippen molar-refractivity contribution in [3.8, 4) is 11.3 Å². The minimum absolute atomic E-state index is 0.0900. The molecule has 6 rings (SSSR count). The molecular formula is C39H47ClN6O4. The second kappa shape index (κ2) is 15.5. The van der Waals surface area contributed by atoms with Gasteiger partial charge in [0.15, 0.2) is 0 Å². The van der Waals surface area contributed by atoms with Crippen molar-refractivity contribution in [2.45, 2.75) is 89.9 Å². The van der Waals surface area contributed by atoms with E-state index in [1.807, 2.05) is 73.8 Å². The SMILES string of the molecule is CC(C)[C@@H]1CC[C@@H](C)CC(=O)N[C@H](Cc2c[nH]c3ccccc23)C(=O)N2C[C@H](NC(=O)CCc3ccc(-c4ccc(Cl)cc4)[nH]3)C[C@H]2C(=O)N1. The predicted octanol–water partition coefficient (Wildman–Crippen LogP) is 5.52. The first-order chi connectivity index (χ1) is 24.0. The van der Waals surface area contributed by atoms with Crippen molar-refractivity contribution in [2.75, 3.05) is 6.54 Å². The number of halogens is 1. The van der Waals surface area contributed by atoms with Crippen molar-refractivity contribution in [2.24, 2.45) is 11.8 Å².